The average Bonchev–Trinajstić information content (AvgIpc) is 3.29. The summed E-state index contributed by atoms with van der Waals surface area (Å²) >= 11 is 0. The first-order valence-corrected chi connectivity index (χ1v) is 10.8. The van der Waals surface area contributed by atoms with E-state index in [0.717, 1.165) is 23.3 Å². The van der Waals surface area contributed by atoms with E-state index in [2.05, 4.69) is 10.4 Å². The number of hydrogen-bond donors (Lipinski definition) is 1. The molecule has 0 aliphatic carbocycles. The number of carbonyl (C=O) groups excluding carboxylic acids is 2. The maximum absolute atomic E-state index is 13.1. The van der Waals surface area contributed by atoms with E-state index < -0.39 is 17.7 Å². The molecule has 1 amide bonds. The van der Waals surface area contributed by atoms with E-state index in [1.165, 1.54) is 25.4 Å². The number of nitrogens with one attached hydrogen (secondary N) is 1. The fourth-order valence-electron chi connectivity index (χ4n) is 3.84. The van der Waals surface area contributed by atoms with Crippen LogP contribution in [-0.4, -0.2) is 28.6 Å². The van der Waals surface area contributed by atoms with E-state index in [1.807, 2.05) is 13.0 Å². The normalized spacial score (nSPS) is 12.4. The molecule has 0 bridgehead atoms. The lowest BCUT2D eigenvalue weighted by molar-refractivity contribution is -0.137. The van der Waals surface area contributed by atoms with Crippen molar-refractivity contribution in [3.8, 4) is 0 Å². The molecule has 2 heterocycles. The number of methoxy groups -OCH3 is 1. The highest BCUT2D eigenvalue weighted by Gasteiger charge is 2.30. The second-order valence-electron chi connectivity index (χ2n) is 8.07. The van der Waals surface area contributed by atoms with Crippen LogP contribution in [0, 0.1) is 0 Å². The van der Waals surface area contributed by atoms with Crippen molar-refractivity contribution in [2.45, 2.75) is 25.6 Å². The predicted octanol–water partition coefficient (Wildman–Crippen LogP) is 5.22. The van der Waals surface area contributed by atoms with Crippen LogP contribution in [0.5, 0.6) is 0 Å². The van der Waals surface area contributed by atoms with Gasteiger partial charge in [-0.1, -0.05) is 30.3 Å². The zero-order valence-electron chi connectivity index (χ0n) is 19.0. The Hall–Kier alpha value is -4.14. The van der Waals surface area contributed by atoms with Gasteiger partial charge in [-0.05, 0) is 60.4 Å². The molecule has 4 rings (SSSR count). The number of amides is 1. The zero-order valence-corrected chi connectivity index (χ0v) is 19.0. The Morgan fingerprint density at radius 3 is 2.37 bits per heavy atom. The number of ether oxygens (including phenoxy) is 1. The highest BCUT2D eigenvalue weighted by atomic mass is 19.4. The fraction of sp³-hybridized carbons (Fsp3) is 0.192. The number of aromatic nitrogens is 2. The van der Waals surface area contributed by atoms with Crippen molar-refractivity contribution >= 4 is 17.4 Å². The number of hydrogen-bond acceptors (Lipinski definition) is 4. The lowest BCUT2D eigenvalue weighted by Gasteiger charge is -2.15. The predicted molar refractivity (Wildman–Crippen MR) is 123 cm³/mol. The van der Waals surface area contributed by atoms with Gasteiger partial charge >= 0.3 is 12.1 Å². The minimum absolute atomic E-state index is 0.332. The molecular formula is C26H22F3N3O3. The largest absolute Gasteiger partial charge is 0.465 e. The van der Waals surface area contributed by atoms with Crippen LogP contribution in [0.25, 0.3) is 5.52 Å². The van der Waals surface area contributed by atoms with Crippen molar-refractivity contribution in [3.63, 3.8) is 0 Å². The number of halogens is 3. The van der Waals surface area contributed by atoms with Crippen molar-refractivity contribution < 1.29 is 27.5 Å². The van der Waals surface area contributed by atoms with Crippen LogP contribution >= 0.6 is 0 Å². The smallest absolute Gasteiger partial charge is 0.416 e. The Balaban J connectivity index is 1.56. The third-order valence-electron chi connectivity index (χ3n) is 5.72. The number of benzene rings is 2. The quantitative estimate of drug-likeness (QED) is 0.383. The van der Waals surface area contributed by atoms with Crippen LogP contribution in [0.2, 0.25) is 0 Å². The Kier molecular flexibility index (Phi) is 6.59. The maximum Gasteiger partial charge on any atom is 0.416 e. The van der Waals surface area contributed by atoms with Gasteiger partial charge in [0.15, 0.2) is 0 Å². The molecule has 1 N–H and O–H groups in total. The van der Waals surface area contributed by atoms with Crippen molar-refractivity contribution in [1.82, 2.24) is 14.9 Å². The van der Waals surface area contributed by atoms with Crippen molar-refractivity contribution in [2.75, 3.05) is 7.11 Å². The van der Waals surface area contributed by atoms with Crippen LogP contribution in [0.15, 0.2) is 73.1 Å². The Labute approximate surface area is 199 Å². The molecule has 35 heavy (non-hydrogen) atoms. The molecule has 4 aromatic rings. The summed E-state index contributed by atoms with van der Waals surface area (Å²) in [6.45, 7) is 1.82. The summed E-state index contributed by atoms with van der Waals surface area (Å²) in [6.07, 6.45) is -0.893. The maximum atomic E-state index is 13.1. The fourth-order valence-corrected chi connectivity index (χ4v) is 3.84. The number of fused-ring (bicyclic) bond motifs is 1. The lowest BCUT2D eigenvalue weighted by atomic mass is 10.0. The summed E-state index contributed by atoms with van der Waals surface area (Å²) < 4.78 is 44.9. The number of rotatable bonds is 6. The minimum Gasteiger partial charge on any atom is -0.465 e. The first-order valence-electron chi connectivity index (χ1n) is 10.8. The lowest BCUT2D eigenvalue weighted by Crippen LogP contribution is -2.26. The van der Waals surface area contributed by atoms with Gasteiger partial charge in [0.25, 0.3) is 5.91 Å². The molecule has 0 saturated heterocycles. The Morgan fingerprint density at radius 1 is 1.06 bits per heavy atom. The van der Waals surface area contributed by atoms with Crippen molar-refractivity contribution in [1.29, 1.82) is 0 Å². The van der Waals surface area contributed by atoms with Gasteiger partial charge < -0.3 is 10.1 Å². The van der Waals surface area contributed by atoms with E-state index in [1.54, 1.807) is 41.0 Å². The average molecular weight is 481 g/mol. The number of carbonyl (C=O) groups is 2. The minimum atomic E-state index is -4.40. The summed E-state index contributed by atoms with van der Waals surface area (Å²) in [4.78, 5) is 24.7. The highest BCUT2D eigenvalue weighted by molar-refractivity contribution is 6.01. The molecule has 1 unspecified atom stereocenters. The van der Waals surface area contributed by atoms with Gasteiger partial charge in [0.1, 0.15) is 0 Å². The van der Waals surface area contributed by atoms with Gasteiger partial charge in [-0.25, -0.2) is 9.31 Å². The first-order chi connectivity index (χ1) is 16.7. The molecular weight excluding hydrogens is 459 g/mol. The topological polar surface area (TPSA) is 72.7 Å². The van der Waals surface area contributed by atoms with E-state index in [4.69, 9.17) is 4.74 Å². The van der Waals surface area contributed by atoms with Gasteiger partial charge in [0.05, 0.1) is 41.6 Å². The monoisotopic (exact) mass is 481 g/mol. The molecule has 0 radical (unpaired) electrons. The molecule has 6 nitrogen and oxygen atoms in total. The standard InChI is InChI=1S/C26H22F3N3O3/c1-16(18-7-9-19(10-8-18)25(34)35-2)31-24(33)22-15-30-32-13-3-4-20(23(22)32)14-17-5-11-21(12-6-17)26(27,28)29/h3-13,15-16H,14H2,1-2H3,(H,31,33). The molecule has 1 atom stereocenters. The molecule has 0 saturated carbocycles. The molecule has 2 aromatic carbocycles. The van der Waals surface area contributed by atoms with Gasteiger partial charge in [-0.3, -0.25) is 4.79 Å². The number of alkyl halides is 3. The second-order valence-corrected chi connectivity index (χ2v) is 8.07. The molecule has 2 aromatic heterocycles. The number of pyridine rings is 1. The molecule has 9 heteroatoms. The van der Waals surface area contributed by atoms with E-state index >= 15 is 0 Å². The Bertz CT molecular complexity index is 1360. The van der Waals surface area contributed by atoms with E-state index in [0.29, 0.717) is 28.6 Å². The molecule has 0 fully saturated rings. The highest BCUT2D eigenvalue weighted by Crippen LogP contribution is 2.30. The zero-order chi connectivity index (χ0) is 25.2. The van der Waals surface area contributed by atoms with Crippen LogP contribution in [-0.2, 0) is 17.3 Å². The second kappa shape index (κ2) is 9.61. The van der Waals surface area contributed by atoms with E-state index in [9.17, 15) is 22.8 Å². The first kappa shape index (κ1) is 24.0. The van der Waals surface area contributed by atoms with E-state index in [-0.39, 0.29) is 11.9 Å². The number of esters is 1. The third-order valence-corrected chi connectivity index (χ3v) is 5.72. The SMILES string of the molecule is COC(=O)c1ccc(C(C)NC(=O)c2cnn3cccc(Cc4ccc(C(F)(F)F)cc4)c23)cc1. The van der Waals surface area contributed by atoms with Crippen molar-refractivity contribution in [2.24, 2.45) is 0 Å². The van der Waals surface area contributed by atoms with Crippen LogP contribution in [0.1, 0.15) is 55.9 Å². The molecule has 0 aliphatic rings. The summed E-state index contributed by atoms with van der Waals surface area (Å²) in [5, 5.41) is 7.20. The summed E-state index contributed by atoms with van der Waals surface area (Å²) in [7, 11) is 1.31. The number of nitrogens with zero attached hydrogens (tertiary/aromatic N) is 2. The third kappa shape index (κ3) is 5.18. The molecule has 0 aliphatic heterocycles. The van der Waals surface area contributed by atoms with Crippen LogP contribution in [0.4, 0.5) is 13.2 Å². The summed E-state index contributed by atoms with van der Waals surface area (Å²) in [5.74, 6) is -0.787. The van der Waals surface area contributed by atoms with Gasteiger partial charge in [-0.15, -0.1) is 0 Å². The van der Waals surface area contributed by atoms with Gasteiger partial charge in [-0.2, -0.15) is 18.3 Å². The van der Waals surface area contributed by atoms with Crippen molar-refractivity contribution in [3.05, 3.63) is 106 Å². The van der Waals surface area contributed by atoms with Crippen LogP contribution in [0.3, 0.4) is 0 Å². The summed E-state index contributed by atoms with van der Waals surface area (Å²) in [5.41, 5.74) is 2.86. The molecule has 180 valence electrons. The summed E-state index contributed by atoms with van der Waals surface area (Å²) in [6, 6.07) is 14.9. The Morgan fingerprint density at radius 2 is 1.74 bits per heavy atom. The van der Waals surface area contributed by atoms with Gasteiger partial charge in [0, 0.05) is 6.20 Å². The van der Waals surface area contributed by atoms with Crippen LogP contribution < -0.4 is 5.32 Å². The molecule has 0 spiro atoms. The van der Waals surface area contributed by atoms with Gasteiger partial charge in [0.2, 0.25) is 0 Å².